The summed E-state index contributed by atoms with van der Waals surface area (Å²) in [6, 6.07) is 7.39. The third-order valence-electron chi connectivity index (χ3n) is 5.99. The molecule has 1 atom stereocenters. The van der Waals surface area contributed by atoms with Gasteiger partial charge in [-0.3, -0.25) is 9.59 Å². The first-order chi connectivity index (χ1) is 15.8. The molecule has 2 aromatic rings. The number of carbonyl (C=O) groups is 2. The van der Waals surface area contributed by atoms with Crippen LogP contribution < -0.4 is 20.9 Å². The largest absolute Gasteiger partial charge is 0.391 e. The maximum Gasteiger partial charge on any atom is 0.391 e. The number of hydrogen-bond donors (Lipinski definition) is 3. The Balaban J connectivity index is 1.25. The molecule has 1 unspecified atom stereocenters. The molecule has 3 heterocycles. The fourth-order valence-corrected chi connectivity index (χ4v) is 3.97. The molecule has 2 saturated heterocycles. The molecule has 1 aromatic heterocycles. The highest BCUT2D eigenvalue weighted by atomic mass is 19.4. The summed E-state index contributed by atoms with van der Waals surface area (Å²) in [6.45, 7) is 1.38. The van der Waals surface area contributed by atoms with Crippen molar-refractivity contribution >= 4 is 29.1 Å². The van der Waals surface area contributed by atoms with E-state index in [-0.39, 0.29) is 37.0 Å². The average Bonchev–Trinajstić information content (AvgIpc) is 3.25. The van der Waals surface area contributed by atoms with E-state index in [2.05, 4.69) is 25.9 Å². The fraction of sp³-hybridized carbons (Fsp3) is 0.455. The SMILES string of the molecule is O=C1CC(C(=O)NCc2ccc(Nc3ncc(N4CCC(C(F)(F)F)CC4)cn3)cc2)CN1. The molecule has 1 aromatic carbocycles. The highest BCUT2D eigenvalue weighted by Crippen LogP contribution is 2.35. The molecule has 2 aliphatic heterocycles. The number of halogens is 3. The van der Waals surface area contributed by atoms with Gasteiger partial charge >= 0.3 is 6.18 Å². The number of aromatic nitrogens is 2. The number of anilines is 3. The van der Waals surface area contributed by atoms with Gasteiger partial charge in [0.1, 0.15) is 0 Å². The number of rotatable bonds is 6. The van der Waals surface area contributed by atoms with Gasteiger partial charge in [-0.2, -0.15) is 13.2 Å². The van der Waals surface area contributed by atoms with Crippen LogP contribution in [0.3, 0.4) is 0 Å². The number of amides is 2. The van der Waals surface area contributed by atoms with E-state index in [0.29, 0.717) is 37.8 Å². The van der Waals surface area contributed by atoms with Crippen molar-refractivity contribution in [3.8, 4) is 0 Å². The summed E-state index contributed by atoms with van der Waals surface area (Å²) >= 11 is 0. The van der Waals surface area contributed by atoms with Crippen molar-refractivity contribution in [2.45, 2.75) is 32.0 Å². The van der Waals surface area contributed by atoms with Gasteiger partial charge in [0.2, 0.25) is 17.8 Å². The van der Waals surface area contributed by atoms with Crippen molar-refractivity contribution in [1.82, 2.24) is 20.6 Å². The summed E-state index contributed by atoms with van der Waals surface area (Å²) in [6.07, 6.45) is -0.547. The minimum Gasteiger partial charge on any atom is -0.369 e. The van der Waals surface area contributed by atoms with Gasteiger partial charge in [0.05, 0.1) is 29.9 Å². The molecule has 11 heteroatoms. The number of hydrogen-bond acceptors (Lipinski definition) is 6. The van der Waals surface area contributed by atoms with Crippen LogP contribution in [0.1, 0.15) is 24.8 Å². The van der Waals surface area contributed by atoms with E-state index in [1.807, 2.05) is 29.2 Å². The van der Waals surface area contributed by atoms with Gasteiger partial charge in [-0.05, 0) is 30.5 Å². The highest BCUT2D eigenvalue weighted by Gasteiger charge is 2.41. The molecule has 8 nitrogen and oxygen atoms in total. The van der Waals surface area contributed by atoms with Gasteiger partial charge in [0.25, 0.3) is 0 Å². The fourth-order valence-electron chi connectivity index (χ4n) is 3.97. The molecule has 2 amide bonds. The lowest BCUT2D eigenvalue weighted by molar-refractivity contribution is -0.179. The van der Waals surface area contributed by atoms with Crippen LogP contribution in [0.2, 0.25) is 0 Å². The molecule has 4 rings (SSSR count). The van der Waals surface area contributed by atoms with Crippen LogP contribution in [0.5, 0.6) is 0 Å². The zero-order chi connectivity index (χ0) is 23.4. The van der Waals surface area contributed by atoms with Crippen LogP contribution in [0.4, 0.5) is 30.5 Å². The van der Waals surface area contributed by atoms with E-state index >= 15 is 0 Å². The predicted octanol–water partition coefficient (Wildman–Crippen LogP) is 2.75. The number of alkyl halides is 3. The molecule has 0 saturated carbocycles. The maximum atomic E-state index is 12.8. The third-order valence-corrected chi connectivity index (χ3v) is 5.99. The Bertz CT molecular complexity index is 973. The van der Waals surface area contributed by atoms with Crippen molar-refractivity contribution in [2.24, 2.45) is 11.8 Å². The van der Waals surface area contributed by atoms with Crippen LogP contribution in [-0.2, 0) is 16.1 Å². The number of nitrogens with one attached hydrogen (secondary N) is 3. The van der Waals surface area contributed by atoms with Crippen LogP contribution in [0, 0.1) is 11.8 Å². The Labute approximate surface area is 189 Å². The summed E-state index contributed by atoms with van der Waals surface area (Å²) in [7, 11) is 0. The minimum absolute atomic E-state index is 0.0754. The molecule has 0 radical (unpaired) electrons. The molecule has 0 bridgehead atoms. The van der Waals surface area contributed by atoms with Gasteiger partial charge in [0.15, 0.2) is 0 Å². The van der Waals surface area contributed by atoms with Crippen molar-refractivity contribution in [1.29, 1.82) is 0 Å². The summed E-state index contributed by atoms with van der Waals surface area (Å²) in [5, 5.41) is 8.56. The molecule has 2 fully saturated rings. The zero-order valence-electron chi connectivity index (χ0n) is 17.9. The summed E-state index contributed by atoms with van der Waals surface area (Å²) in [5.41, 5.74) is 2.37. The number of carbonyl (C=O) groups excluding carboxylic acids is 2. The van der Waals surface area contributed by atoms with Crippen molar-refractivity contribution in [3.63, 3.8) is 0 Å². The van der Waals surface area contributed by atoms with Crippen LogP contribution >= 0.6 is 0 Å². The Hall–Kier alpha value is -3.37. The van der Waals surface area contributed by atoms with E-state index in [0.717, 1.165) is 11.3 Å². The second-order valence-corrected chi connectivity index (χ2v) is 8.31. The van der Waals surface area contributed by atoms with E-state index in [1.165, 1.54) is 0 Å². The number of nitrogens with zero attached hydrogens (tertiary/aromatic N) is 3. The summed E-state index contributed by atoms with van der Waals surface area (Å²) < 4.78 is 38.5. The van der Waals surface area contributed by atoms with E-state index < -0.39 is 12.1 Å². The third kappa shape index (κ3) is 5.91. The Morgan fingerprint density at radius 3 is 2.36 bits per heavy atom. The second-order valence-electron chi connectivity index (χ2n) is 8.31. The molecule has 3 N–H and O–H groups in total. The van der Waals surface area contributed by atoms with Crippen LogP contribution in [-0.4, -0.2) is 47.6 Å². The number of benzene rings is 1. The van der Waals surface area contributed by atoms with Gasteiger partial charge in [0, 0.05) is 38.3 Å². The van der Waals surface area contributed by atoms with E-state index in [1.54, 1.807) is 12.4 Å². The average molecular weight is 462 g/mol. The topological polar surface area (TPSA) is 99.2 Å². The quantitative estimate of drug-likeness (QED) is 0.611. The van der Waals surface area contributed by atoms with Crippen molar-refractivity contribution in [3.05, 3.63) is 42.2 Å². The summed E-state index contributed by atoms with van der Waals surface area (Å²) in [5.74, 6) is -1.44. The first-order valence-corrected chi connectivity index (χ1v) is 10.8. The van der Waals surface area contributed by atoms with Crippen molar-refractivity contribution in [2.75, 3.05) is 29.9 Å². The van der Waals surface area contributed by atoms with Crippen molar-refractivity contribution < 1.29 is 22.8 Å². The molecule has 0 aliphatic carbocycles. The Kier molecular flexibility index (Phi) is 6.66. The van der Waals surface area contributed by atoms with E-state index in [9.17, 15) is 22.8 Å². The molecule has 33 heavy (non-hydrogen) atoms. The summed E-state index contributed by atoms with van der Waals surface area (Å²) in [4.78, 5) is 33.7. The normalized spacial score (nSPS) is 19.3. The lowest BCUT2D eigenvalue weighted by Gasteiger charge is -2.33. The first-order valence-electron chi connectivity index (χ1n) is 10.8. The van der Waals surface area contributed by atoms with Gasteiger partial charge in [-0.1, -0.05) is 12.1 Å². The molecule has 176 valence electrons. The standard InChI is InChI=1S/C22H25F3N6O2/c23-22(24,25)16-5-7-31(8-6-16)18-12-28-21(29-13-18)30-17-3-1-14(2-4-17)10-27-20(33)15-9-19(32)26-11-15/h1-4,12-13,15-16H,5-11H2,(H,26,32)(H,27,33)(H,28,29,30). The number of piperidine rings is 1. The minimum atomic E-state index is -4.13. The second kappa shape index (κ2) is 9.63. The Morgan fingerprint density at radius 1 is 1.12 bits per heavy atom. The van der Waals surface area contributed by atoms with Crippen LogP contribution in [0.25, 0.3) is 0 Å². The molecular formula is C22H25F3N6O2. The zero-order valence-corrected chi connectivity index (χ0v) is 17.9. The van der Waals surface area contributed by atoms with E-state index in [4.69, 9.17) is 0 Å². The lowest BCUT2D eigenvalue weighted by atomic mass is 9.96. The smallest absolute Gasteiger partial charge is 0.369 e. The Morgan fingerprint density at radius 2 is 1.79 bits per heavy atom. The predicted molar refractivity (Wildman–Crippen MR) is 116 cm³/mol. The van der Waals surface area contributed by atoms with Crippen LogP contribution in [0.15, 0.2) is 36.7 Å². The van der Waals surface area contributed by atoms with Gasteiger partial charge in [-0.15, -0.1) is 0 Å². The van der Waals surface area contributed by atoms with Gasteiger partial charge < -0.3 is 20.9 Å². The van der Waals surface area contributed by atoms with Gasteiger partial charge in [-0.25, -0.2) is 9.97 Å². The molecular weight excluding hydrogens is 437 g/mol. The highest BCUT2D eigenvalue weighted by molar-refractivity contribution is 5.89. The lowest BCUT2D eigenvalue weighted by Crippen LogP contribution is -2.39. The molecule has 0 spiro atoms. The molecule has 2 aliphatic rings. The first kappa shape index (κ1) is 22.8. The monoisotopic (exact) mass is 462 g/mol. The maximum absolute atomic E-state index is 12.8.